The highest BCUT2D eigenvalue weighted by Crippen LogP contribution is 2.68. The predicted octanol–water partition coefficient (Wildman–Crippen LogP) is 5.12. The molecule has 5 aliphatic rings. The molecule has 8 atom stereocenters. The largest absolute Gasteiger partial charge is 0.412 e. The standard InChI is InChI=1S/C31H40F2N2O3.H2O/c1-17-19-7-9-28(4)20-8-10-31(35-26(38)30(6,32)33)12-11-27(2,3)15-21(31)24(20)22(36)13-23(28)29(19,5)14-18(16-34)25(17)37;/h13-14,17,19-21,24H,7-12,15H2,1-6H3,(H,35,38);1H2. The van der Waals surface area contributed by atoms with Gasteiger partial charge in [-0.05, 0) is 79.6 Å². The van der Waals surface area contributed by atoms with E-state index in [1.165, 1.54) is 0 Å². The molecule has 0 bridgehead atoms. The SMILES string of the molecule is CC1C(=O)C(C#N)=CC2(C)C3=CC(=O)C4C5CC(C)(C)CCC5(NC(=O)C(C)(F)F)CCC4C3(C)CCC12.O. The molecule has 3 fully saturated rings. The molecule has 0 aromatic heterocycles. The van der Waals surface area contributed by atoms with Crippen LogP contribution in [-0.2, 0) is 14.4 Å². The number of amides is 1. The van der Waals surface area contributed by atoms with Crippen molar-refractivity contribution in [3.63, 3.8) is 0 Å². The van der Waals surface area contributed by atoms with E-state index in [9.17, 15) is 28.4 Å². The fourth-order valence-electron chi connectivity index (χ4n) is 9.45. The number of nitrogens with zero attached hydrogens (tertiary/aromatic N) is 1. The first-order valence-corrected chi connectivity index (χ1v) is 14.1. The highest BCUT2D eigenvalue weighted by atomic mass is 19.3. The first kappa shape index (κ1) is 29.6. The highest BCUT2D eigenvalue weighted by molar-refractivity contribution is 6.02. The van der Waals surface area contributed by atoms with Crippen molar-refractivity contribution in [1.29, 1.82) is 5.26 Å². The summed E-state index contributed by atoms with van der Waals surface area (Å²) in [5, 5.41) is 12.5. The number of halogens is 2. The van der Waals surface area contributed by atoms with Gasteiger partial charge in [0, 0.05) is 29.7 Å². The lowest BCUT2D eigenvalue weighted by Gasteiger charge is -2.64. The van der Waals surface area contributed by atoms with Gasteiger partial charge in [-0.2, -0.15) is 14.0 Å². The number of ketones is 2. The van der Waals surface area contributed by atoms with Crippen LogP contribution in [0.15, 0.2) is 23.3 Å². The third-order valence-corrected chi connectivity index (χ3v) is 11.5. The second kappa shape index (κ2) is 9.06. The molecule has 0 spiro atoms. The van der Waals surface area contributed by atoms with Gasteiger partial charge in [0.25, 0.3) is 5.91 Å². The van der Waals surface area contributed by atoms with E-state index in [1.54, 1.807) is 6.08 Å². The van der Waals surface area contributed by atoms with Gasteiger partial charge in [0.2, 0.25) is 0 Å². The van der Waals surface area contributed by atoms with E-state index in [0.29, 0.717) is 32.6 Å². The summed E-state index contributed by atoms with van der Waals surface area (Å²) in [5.74, 6) is -5.67. The van der Waals surface area contributed by atoms with Crippen molar-refractivity contribution in [3.05, 3.63) is 23.3 Å². The summed E-state index contributed by atoms with van der Waals surface area (Å²) < 4.78 is 28.1. The average molecular weight is 545 g/mol. The average Bonchev–Trinajstić information content (AvgIpc) is 2.82. The van der Waals surface area contributed by atoms with Crippen LogP contribution in [0.5, 0.6) is 0 Å². The molecule has 6 nitrogen and oxygen atoms in total. The van der Waals surface area contributed by atoms with Gasteiger partial charge in [-0.3, -0.25) is 14.4 Å². The van der Waals surface area contributed by atoms with Crippen molar-refractivity contribution in [2.24, 2.45) is 45.8 Å². The molecule has 3 saturated carbocycles. The van der Waals surface area contributed by atoms with Crippen molar-refractivity contribution in [1.82, 2.24) is 5.32 Å². The number of alkyl halides is 2. The Morgan fingerprint density at radius 2 is 1.69 bits per heavy atom. The summed E-state index contributed by atoms with van der Waals surface area (Å²) in [6.45, 7) is 11.2. The third-order valence-electron chi connectivity index (χ3n) is 11.5. The van der Waals surface area contributed by atoms with Gasteiger partial charge in [0.05, 0.1) is 5.57 Å². The molecule has 39 heavy (non-hydrogen) atoms. The van der Waals surface area contributed by atoms with Crippen LogP contribution in [0.25, 0.3) is 0 Å². The number of carbonyl (C=O) groups is 3. The molecular formula is C31H42F2N2O4. The van der Waals surface area contributed by atoms with Crippen molar-refractivity contribution in [2.75, 3.05) is 0 Å². The number of rotatable bonds is 2. The van der Waals surface area contributed by atoms with Gasteiger partial charge < -0.3 is 10.8 Å². The maximum Gasteiger partial charge on any atom is 0.321 e. The van der Waals surface area contributed by atoms with Crippen LogP contribution in [0.4, 0.5) is 8.78 Å². The Labute approximate surface area is 230 Å². The maximum absolute atomic E-state index is 14.1. The van der Waals surface area contributed by atoms with Crippen LogP contribution in [-0.4, -0.2) is 34.4 Å². The summed E-state index contributed by atoms with van der Waals surface area (Å²) in [6, 6.07) is 2.10. The highest BCUT2D eigenvalue weighted by Gasteiger charge is 2.65. The molecule has 8 unspecified atom stereocenters. The van der Waals surface area contributed by atoms with E-state index in [2.05, 4.69) is 39.1 Å². The first-order chi connectivity index (χ1) is 17.5. The second-order valence-corrected chi connectivity index (χ2v) is 14.3. The van der Waals surface area contributed by atoms with Crippen LogP contribution in [0.3, 0.4) is 0 Å². The Kier molecular flexibility index (Phi) is 6.87. The van der Waals surface area contributed by atoms with Gasteiger partial charge in [-0.15, -0.1) is 0 Å². The normalized spacial score (nSPS) is 42.7. The van der Waals surface area contributed by atoms with Crippen molar-refractivity contribution in [2.45, 2.75) is 97.9 Å². The van der Waals surface area contributed by atoms with Gasteiger partial charge in [0.1, 0.15) is 6.07 Å². The molecule has 0 heterocycles. The smallest absolute Gasteiger partial charge is 0.321 e. The van der Waals surface area contributed by atoms with Crippen molar-refractivity contribution >= 4 is 17.5 Å². The molecular weight excluding hydrogens is 502 g/mol. The monoisotopic (exact) mass is 544 g/mol. The summed E-state index contributed by atoms with van der Waals surface area (Å²) in [6.07, 6.45) is 8.58. The topological polar surface area (TPSA) is 119 Å². The maximum atomic E-state index is 14.1. The number of carbonyl (C=O) groups excluding carboxylic acids is 3. The lowest BCUT2D eigenvalue weighted by Crippen LogP contribution is -2.67. The number of hydrogen-bond acceptors (Lipinski definition) is 4. The molecule has 5 aliphatic carbocycles. The van der Waals surface area contributed by atoms with Crippen molar-refractivity contribution in [3.8, 4) is 6.07 Å². The predicted molar refractivity (Wildman–Crippen MR) is 142 cm³/mol. The molecule has 0 radical (unpaired) electrons. The number of fused-ring (bicyclic) bond motifs is 7. The zero-order valence-corrected chi connectivity index (χ0v) is 23.9. The van der Waals surface area contributed by atoms with Crippen LogP contribution < -0.4 is 5.32 Å². The Morgan fingerprint density at radius 1 is 1.05 bits per heavy atom. The molecule has 5 rings (SSSR count). The van der Waals surface area contributed by atoms with E-state index in [0.717, 1.165) is 24.8 Å². The first-order valence-electron chi connectivity index (χ1n) is 14.1. The molecule has 0 saturated heterocycles. The summed E-state index contributed by atoms with van der Waals surface area (Å²) in [7, 11) is 0. The number of hydrogen-bond donors (Lipinski definition) is 1. The minimum Gasteiger partial charge on any atom is -0.412 e. The van der Waals surface area contributed by atoms with Crippen LogP contribution in [0.2, 0.25) is 0 Å². The molecule has 0 aromatic rings. The third kappa shape index (κ3) is 4.22. The van der Waals surface area contributed by atoms with Gasteiger partial charge in [-0.25, -0.2) is 0 Å². The summed E-state index contributed by atoms with van der Waals surface area (Å²) >= 11 is 0. The van der Waals surface area contributed by atoms with E-state index in [-0.39, 0.29) is 63.0 Å². The Morgan fingerprint density at radius 3 is 2.31 bits per heavy atom. The fourth-order valence-corrected chi connectivity index (χ4v) is 9.45. The Bertz CT molecular complexity index is 1210. The number of Topliss-reactive ketones (excluding diaryl/α,β-unsaturated/α-hetero) is 1. The minimum atomic E-state index is -3.48. The van der Waals surface area contributed by atoms with E-state index < -0.39 is 22.8 Å². The van der Waals surface area contributed by atoms with Crippen LogP contribution >= 0.6 is 0 Å². The zero-order chi connectivity index (χ0) is 28.1. The van der Waals surface area contributed by atoms with Crippen molar-refractivity contribution < 1.29 is 28.6 Å². The molecule has 214 valence electrons. The summed E-state index contributed by atoms with van der Waals surface area (Å²) in [5.41, 5.74) is -0.556. The number of nitriles is 1. The molecule has 0 aromatic carbocycles. The Balaban J connectivity index is 0.00000353. The minimum absolute atomic E-state index is 0. The van der Waals surface area contributed by atoms with Gasteiger partial charge in [-0.1, -0.05) is 46.3 Å². The molecule has 8 heteroatoms. The lowest BCUT2D eigenvalue weighted by molar-refractivity contribution is -0.155. The summed E-state index contributed by atoms with van der Waals surface area (Å²) in [4.78, 5) is 39.5. The number of nitrogens with one attached hydrogen (secondary N) is 1. The van der Waals surface area contributed by atoms with E-state index >= 15 is 0 Å². The Hall–Kier alpha value is -2.40. The van der Waals surface area contributed by atoms with E-state index in [1.807, 2.05) is 13.0 Å². The quantitative estimate of drug-likeness (QED) is 0.519. The lowest BCUT2D eigenvalue weighted by atomic mass is 9.40. The van der Waals surface area contributed by atoms with Gasteiger partial charge >= 0.3 is 5.92 Å². The fraction of sp³-hybridized carbons (Fsp3) is 0.742. The van der Waals surface area contributed by atoms with E-state index in [4.69, 9.17) is 0 Å². The second-order valence-electron chi connectivity index (χ2n) is 14.3. The van der Waals surface area contributed by atoms with Crippen LogP contribution in [0.1, 0.15) is 86.5 Å². The molecule has 3 N–H and O–H groups in total. The zero-order valence-electron chi connectivity index (χ0n) is 23.9. The number of allylic oxidation sites excluding steroid dienone is 4. The van der Waals surface area contributed by atoms with Gasteiger partial charge in [0.15, 0.2) is 11.6 Å². The molecule has 1 amide bonds. The van der Waals surface area contributed by atoms with Crippen LogP contribution in [0, 0.1) is 57.2 Å². The molecule has 0 aliphatic heterocycles.